The summed E-state index contributed by atoms with van der Waals surface area (Å²) < 4.78 is 0. The number of rotatable bonds is 8. The summed E-state index contributed by atoms with van der Waals surface area (Å²) in [4.78, 5) is 2.53. The molecule has 0 unspecified atom stereocenters. The highest BCUT2D eigenvalue weighted by atomic mass is 15.1. The molecule has 9 aromatic carbocycles. The zero-order chi connectivity index (χ0) is 45.5. The Morgan fingerprint density at radius 2 is 0.708 bits per heavy atom. The molecule has 0 bridgehead atoms. The van der Waals surface area contributed by atoms with E-state index in [9.17, 15) is 0 Å². The lowest BCUT2D eigenvalue weighted by atomic mass is 9.78. The van der Waals surface area contributed by atoms with Crippen LogP contribution in [0.3, 0.4) is 0 Å². The minimum atomic E-state index is -0.0104. The van der Waals surface area contributed by atoms with Crippen LogP contribution in [-0.2, 0) is 16.2 Å². The van der Waals surface area contributed by atoms with Gasteiger partial charge in [-0.1, -0.05) is 244 Å². The van der Waals surface area contributed by atoms with Crippen LogP contribution in [0.2, 0.25) is 0 Å². The van der Waals surface area contributed by atoms with E-state index in [1.807, 2.05) is 0 Å². The Morgan fingerprint density at radius 1 is 0.262 bits per heavy atom. The largest absolute Gasteiger partial charge is 0.309 e. The van der Waals surface area contributed by atoms with Gasteiger partial charge in [-0.25, -0.2) is 0 Å². The first-order valence-electron chi connectivity index (χ1n) is 23.2. The van der Waals surface area contributed by atoms with Crippen molar-refractivity contribution in [2.24, 2.45) is 0 Å². The highest BCUT2D eigenvalue weighted by molar-refractivity contribution is 6.09. The molecule has 0 aliphatic carbocycles. The normalized spacial score (nSPS) is 12.1. The van der Waals surface area contributed by atoms with E-state index in [0.29, 0.717) is 0 Å². The first-order valence-corrected chi connectivity index (χ1v) is 23.2. The van der Waals surface area contributed by atoms with Crippen LogP contribution in [0, 0.1) is 0 Å². The highest BCUT2D eigenvalue weighted by Crippen LogP contribution is 2.50. The monoisotopic (exact) mass is 843 g/mol. The average Bonchev–Trinajstić information content (AvgIpc) is 3.31. The van der Waals surface area contributed by atoms with E-state index < -0.39 is 0 Å². The Kier molecular flexibility index (Phi) is 11.5. The number of hydrogen-bond acceptors (Lipinski definition) is 1. The zero-order valence-corrected chi connectivity index (χ0v) is 39.6. The number of hydrogen-bond donors (Lipinski definition) is 0. The molecule has 0 atom stereocenters. The van der Waals surface area contributed by atoms with Crippen LogP contribution >= 0.6 is 0 Å². The molecule has 0 saturated heterocycles. The van der Waals surface area contributed by atoms with Crippen LogP contribution in [0.15, 0.2) is 206 Å². The van der Waals surface area contributed by atoms with Gasteiger partial charge in [0, 0.05) is 16.7 Å². The van der Waals surface area contributed by atoms with Gasteiger partial charge in [0.25, 0.3) is 0 Å². The molecule has 9 rings (SSSR count). The third-order valence-corrected chi connectivity index (χ3v) is 13.0. The van der Waals surface area contributed by atoms with Crippen LogP contribution < -0.4 is 4.90 Å². The lowest BCUT2D eigenvalue weighted by Crippen LogP contribution is -2.16. The van der Waals surface area contributed by atoms with Crippen LogP contribution in [0.5, 0.6) is 0 Å². The number of benzene rings is 9. The van der Waals surface area contributed by atoms with Gasteiger partial charge in [-0.15, -0.1) is 0 Å². The Morgan fingerprint density at radius 3 is 1.29 bits per heavy atom. The molecule has 9 aromatic rings. The minimum absolute atomic E-state index is 0.0104. The van der Waals surface area contributed by atoms with Gasteiger partial charge in [0.2, 0.25) is 0 Å². The standard InChI is InChI=1S/C64H61N/c1-62(2,3)50-37-34-46(35-38-50)53-28-16-18-32-58(53)65(60-39-36-48(44-22-12-10-13-23-44)42-57(60)45-24-14-11-15-25-45)59-33-19-17-29-55(59)56-31-21-27-47-26-20-30-54(61(47)56)49-40-51(63(4,5)6)43-52(41-49)64(7,8)9/h10-43H,1-9H3. The molecule has 322 valence electrons. The van der Waals surface area contributed by atoms with Crippen molar-refractivity contribution in [3.8, 4) is 55.6 Å². The molecule has 0 spiro atoms. The smallest absolute Gasteiger partial charge is 0.0540 e. The third kappa shape index (κ3) is 8.81. The van der Waals surface area contributed by atoms with Gasteiger partial charge in [0.05, 0.1) is 17.1 Å². The van der Waals surface area contributed by atoms with Crippen molar-refractivity contribution in [2.75, 3.05) is 4.90 Å². The molecule has 0 aliphatic rings. The highest BCUT2D eigenvalue weighted by Gasteiger charge is 2.26. The summed E-state index contributed by atoms with van der Waals surface area (Å²) in [6.45, 7) is 20.8. The molecule has 0 radical (unpaired) electrons. The SMILES string of the molecule is CC(C)(C)c1ccc(-c2ccccc2N(c2ccc(-c3ccccc3)cc2-c2ccccc2)c2ccccc2-c2cccc3cccc(-c4cc(C(C)(C)C)cc(C(C)(C)C)c4)c23)cc1. The molecule has 0 aliphatic heterocycles. The average molecular weight is 844 g/mol. The first-order chi connectivity index (χ1) is 31.1. The number of nitrogens with zero attached hydrogens (tertiary/aromatic N) is 1. The summed E-state index contributed by atoms with van der Waals surface area (Å²) in [6.07, 6.45) is 0. The van der Waals surface area contributed by atoms with Crippen molar-refractivity contribution >= 4 is 27.8 Å². The summed E-state index contributed by atoms with van der Waals surface area (Å²) in [7, 11) is 0. The maximum Gasteiger partial charge on any atom is 0.0540 e. The molecule has 1 heteroatoms. The molecular weight excluding hydrogens is 783 g/mol. The molecule has 0 amide bonds. The number of para-hydroxylation sites is 2. The topological polar surface area (TPSA) is 3.24 Å². The van der Waals surface area contributed by atoms with Crippen molar-refractivity contribution in [1.82, 2.24) is 0 Å². The number of fused-ring (bicyclic) bond motifs is 1. The van der Waals surface area contributed by atoms with E-state index in [-0.39, 0.29) is 16.2 Å². The lowest BCUT2D eigenvalue weighted by molar-refractivity contribution is 0.569. The second-order valence-corrected chi connectivity index (χ2v) is 20.7. The Labute approximate surface area is 388 Å². The van der Waals surface area contributed by atoms with Gasteiger partial charge in [0.1, 0.15) is 0 Å². The molecule has 1 nitrogen and oxygen atoms in total. The van der Waals surface area contributed by atoms with Crippen LogP contribution in [-0.4, -0.2) is 0 Å². The van der Waals surface area contributed by atoms with E-state index in [1.54, 1.807) is 0 Å². The summed E-state index contributed by atoms with van der Waals surface area (Å²) >= 11 is 0. The molecule has 65 heavy (non-hydrogen) atoms. The van der Waals surface area contributed by atoms with Crippen molar-refractivity contribution in [3.63, 3.8) is 0 Å². The fourth-order valence-electron chi connectivity index (χ4n) is 9.19. The molecule has 0 heterocycles. The van der Waals surface area contributed by atoms with Gasteiger partial charge < -0.3 is 4.90 Å². The Bertz CT molecular complexity index is 3080. The predicted octanol–water partition coefficient (Wildman–Crippen LogP) is 18.5. The van der Waals surface area contributed by atoms with E-state index in [1.165, 1.54) is 66.4 Å². The third-order valence-electron chi connectivity index (χ3n) is 13.0. The molecule has 0 aromatic heterocycles. The van der Waals surface area contributed by atoms with Gasteiger partial charge in [-0.2, -0.15) is 0 Å². The quantitative estimate of drug-likeness (QED) is 0.147. The van der Waals surface area contributed by atoms with Gasteiger partial charge in [0.15, 0.2) is 0 Å². The maximum atomic E-state index is 2.53. The first kappa shape index (κ1) is 43.3. The zero-order valence-electron chi connectivity index (χ0n) is 39.6. The van der Waals surface area contributed by atoms with Gasteiger partial charge >= 0.3 is 0 Å². The molecule has 0 fully saturated rings. The van der Waals surface area contributed by atoms with E-state index in [0.717, 1.165) is 33.8 Å². The van der Waals surface area contributed by atoms with Crippen molar-refractivity contribution in [2.45, 2.75) is 78.6 Å². The number of anilines is 3. The predicted molar refractivity (Wildman–Crippen MR) is 282 cm³/mol. The lowest BCUT2D eigenvalue weighted by Gasteiger charge is -2.32. The van der Waals surface area contributed by atoms with E-state index in [2.05, 4.69) is 273 Å². The second kappa shape index (κ2) is 17.2. The summed E-state index contributed by atoms with van der Waals surface area (Å²) in [5, 5.41) is 2.47. The summed E-state index contributed by atoms with van der Waals surface area (Å²) in [5.74, 6) is 0. The fourth-order valence-corrected chi connectivity index (χ4v) is 9.19. The molecule has 0 N–H and O–H groups in total. The van der Waals surface area contributed by atoms with E-state index >= 15 is 0 Å². The van der Waals surface area contributed by atoms with Crippen LogP contribution in [0.25, 0.3) is 66.4 Å². The summed E-state index contributed by atoms with van der Waals surface area (Å²) in [5.41, 5.74) is 19.3. The van der Waals surface area contributed by atoms with Crippen molar-refractivity contribution in [1.29, 1.82) is 0 Å². The van der Waals surface area contributed by atoms with E-state index in [4.69, 9.17) is 0 Å². The molecular formula is C64H61N. The van der Waals surface area contributed by atoms with Gasteiger partial charge in [-0.3, -0.25) is 0 Å². The minimum Gasteiger partial charge on any atom is -0.309 e. The van der Waals surface area contributed by atoms with Gasteiger partial charge in [-0.05, 0) is 107 Å². The Balaban J connectivity index is 1.34. The van der Waals surface area contributed by atoms with Crippen molar-refractivity contribution < 1.29 is 0 Å². The Hall–Kier alpha value is -6.96. The fraction of sp³-hybridized carbons (Fsp3) is 0.188. The van der Waals surface area contributed by atoms with Crippen LogP contribution in [0.1, 0.15) is 79.0 Å². The maximum absolute atomic E-state index is 2.53. The van der Waals surface area contributed by atoms with Crippen molar-refractivity contribution in [3.05, 3.63) is 223 Å². The molecule has 0 saturated carbocycles. The summed E-state index contributed by atoms with van der Waals surface area (Å²) in [6, 6.07) is 76.7. The van der Waals surface area contributed by atoms with Crippen LogP contribution in [0.4, 0.5) is 17.1 Å². The second-order valence-electron chi connectivity index (χ2n) is 20.7.